The third kappa shape index (κ3) is 41.5. The number of hydrogen-bond acceptors (Lipinski definition) is 12. The van der Waals surface area contributed by atoms with Crippen LogP contribution in [0.3, 0.4) is 0 Å². The van der Waals surface area contributed by atoms with Crippen LogP contribution in [0.5, 0.6) is 0 Å². The maximum absolute atomic E-state index is 12.4. The average Bonchev–Trinajstić information content (AvgIpc) is 3.25. The lowest BCUT2D eigenvalue weighted by Crippen LogP contribution is -2.42. The summed E-state index contributed by atoms with van der Waals surface area (Å²) in [5.74, 6) is -2.93. The van der Waals surface area contributed by atoms with Crippen molar-refractivity contribution in [3.05, 3.63) is 0 Å². The Hall–Kier alpha value is -3.71. The lowest BCUT2D eigenvalue weighted by molar-refractivity contribution is -0.142. The van der Waals surface area contributed by atoms with E-state index in [9.17, 15) is 38.7 Å². The molecule has 0 spiro atoms. The van der Waals surface area contributed by atoms with Crippen molar-refractivity contribution in [2.24, 2.45) is 5.92 Å². The monoisotopic (exact) mass is 930 g/mol. The van der Waals surface area contributed by atoms with Crippen molar-refractivity contribution in [1.29, 1.82) is 0 Å². The second-order valence-corrected chi connectivity index (χ2v) is 17.1. The fraction of sp³-hybridized carbons (Fsp3) is 0.851. The number of carboxylic acids is 2. The van der Waals surface area contributed by atoms with Crippen molar-refractivity contribution in [2.45, 2.75) is 181 Å². The van der Waals surface area contributed by atoms with E-state index in [-0.39, 0.29) is 139 Å². The molecular formula is C47H87N5O13. The van der Waals surface area contributed by atoms with Crippen LogP contribution in [0.4, 0.5) is 0 Å². The third-order valence-corrected chi connectivity index (χ3v) is 10.4. The van der Waals surface area contributed by atoms with E-state index >= 15 is 0 Å². The number of hydrogen-bond donors (Lipinski definition) is 7. The van der Waals surface area contributed by atoms with E-state index in [0.717, 1.165) is 57.8 Å². The molecule has 65 heavy (non-hydrogen) atoms. The van der Waals surface area contributed by atoms with Crippen molar-refractivity contribution in [2.75, 3.05) is 72.5 Å². The molecule has 18 nitrogen and oxygen atoms in total. The smallest absolute Gasteiger partial charge is 0.326 e. The summed E-state index contributed by atoms with van der Waals surface area (Å²) in [6.07, 6.45) is 17.8. The Bertz CT molecular complexity index is 1290. The molecule has 7 N–H and O–H groups in total. The first-order valence-electron chi connectivity index (χ1n) is 24.4. The molecule has 0 saturated carbocycles. The minimum atomic E-state index is -1.18. The van der Waals surface area contributed by atoms with Crippen molar-refractivity contribution >= 4 is 41.4 Å². The van der Waals surface area contributed by atoms with E-state index in [1.165, 1.54) is 44.9 Å². The van der Waals surface area contributed by atoms with E-state index in [2.05, 4.69) is 26.6 Å². The van der Waals surface area contributed by atoms with Gasteiger partial charge in [0.1, 0.15) is 19.3 Å². The summed E-state index contributed by atoms with van der Waals surface area (Å²) in [6.45, 7) is 9.94. The van der Waals surface area contributed by atoms with Gasteiger partial charge in [0.25, 0.3) is 0 Å². The fourth-order valence-corrected chi connectivity index (χ4v) is 6.78. The average molecular weight is 930 g/mol. The molecule has 0 aliphatic carbocycles. The number of ether oxygens (including phenoxy) is 4. The van der Waals surface area contributed by atoms with E-state index in [4.69, 9.17) is 24.1 Å². The highest BCUT2D eigenvalue weighted by molar-refractivity contribution is 5.86. The molecule has 0 aliphatic rings. The Morgan fingerprint density at radius 3 is 1.34 bits per heavy atom. The zero-order chi connectivity index (χ0) is 48.3. The van der Waals surface area contributed by atoms with Gasteiger partial charge in [0.2, 0.25) is 23.6 Å². The molecule has 0 bridgehead atoms. The maximum atomic E-state index is 12.4. The summed E-state index contributed by atoms with van der Waals surface area (Å²) in [5, 5.41) is 32.2. The molecule has 0 fully saturated rings. The first-order chi connectivity index (χ1) is 31.2. The molecule has 0 aromatic heterocycles. The number of unbranched alkanes of at least 4 members (excludes halogenated alkanes) is 14. The van der Waals surface area contributed by atoms with Crippen LogP contribution >= 0.6 is 0 Å². The fourth-order valence-electron chi connectivity index (χ4n) is 6.78. The van der Waals surface area contributed by atoms with Crippen LogP contribution in [0.25, 0.3) is 0 Å². The number of Topliss-reactive ketones (excluding diaryl/α,β-unsaturated/α-hetero) is 1. The molecule has 2 atom stereocenters. The van der Waals surface area contributed by atoms with Gasteiger partial charge in [-0.2, -0.15) is 0 Å². The molecule has 0 aliphatic heterocycles. The minimum Gasteiger partial charge on any atom is -0.481 e. The molecule has 0 aromatic carbocycles. The van der Waals surface area contributed by atoms with E-state index < -0.39 is 18.0 Å². The largest absolute Gasteiger partial charge is 0.481 e. The number of carboxylic acid groups (broad SMARTS) is 2. The van der Waals surface area contributed by atoms with Crippen molar-refractivity contribution in [1.82, 2.24) is 26.6 Å². The molecule has 0 aromatic rings. The standard InChI is InChI=1S/C47H87N5O13/c1-37(2)46(59)39(51-38(3)4)21-19-20-26-48-43(55)35-64-33-32-63-30-28-50-44(56)36-65-34-31-62-29-27-49-41(53)25-24-40(47(60)61)52-42(54)22-17-15-13-11-9-7-5-6-8-10-12-14-16-18-23-45(57)58/h37-40,51H,5-36H2,1-4H3,(H,48,55)(H,49,53)(H,50,56)(H,52,54)(H,57,58)(H,60,61)/t39-,40+/m0/s1. The summed E-state index contributed by atoms with van der Waals surface area (Å²) in [6, 6.07) is -1.09. The van der Waals surface area contributed by atoms with Crippen LogP contribution in [0.15, 0.2) is 0 Å². The maximum Gasteiger partial charge on any atom is 0.326 e. The van der Waals surface area contributed by atoms with Gasteiger partial charge in [0, 0.05) is 50.9 Å². The summed E-state index contributed by atoms with van der Waals surface area (Å²) in [4.78, 5) is 83.1. The number of rotatable bonds is 47. The zero-order valence-corrected chi connectivity index (χ0v) is 40.3. The van der Waals surface area contributed by atoms with Gasteiger partial charge in [0.05, 0.1) is 45.7 Å². The van der Waals surface area contributed by atoms with Crippen molar-refractivity contribution in [3.8, 4) is 0 Å². The first-order valence-corrected chi connectivity index (χ1v) is 24.4. The van der Waals surface area contributed by atoms with E-state index in [0.29, 0.717) is 13.0 Å². The predicted octanol–water partition coefficient (Wildman–Crippen LogP) is 4.84. The van der Waals surface area contributed by atoms with Crippen LogP contribution < -0.4 is 26.6 Å². The number of nitrogens with one attached hydrogen (secondary N) is 5. The number of ketones is 1. The van der Waals surface area contributed by atoms with Crippen LogP contribution in [0.2, 0.25) is 0 Å². The highest BCUT2D eigenvalue weighted by atomic mass is 16.5. The number of carbonyl (C=O) groups is 7. The van der Waals surface area contributed by atoms with E-state index in [1.54, 1.807) is 0 Å². The van der Waals surface area contributed by atoms with Crippen LogP contribution in [-0.4, -0.2) is 142 Å². The summed E-state index contributed by atoms with van der Waals surface area (Å²) < 4.78 is 21.5. The minimum absolute atomic E-state index is 0.0262. The van der Waals surface area contributed by atoms with Gasteiger partial charge in [0.15, 0.2) is 5.78 Å². The summed E-state index contributed by atoms with van der Waals surface area (Å²) in [7, 11) is 0. The lowest BCUT2D eigenvalue weighted by Gasteiger charge is -2.22. The summed E-state index contributed by atoms with van der Waals surface area (Å²) >= 11 is 0. The van der Waals surface area contributed by atoms with Crippen molar-refractivity contribution in [3.63, 3.8) is 0 Å². The number of aliphatic carboxylic acids is 2. The molecule has 4 amide bonds. The Balaban J connectivity index is 3.70. The number of amides is 4. The quantitative estimate of drug-likeness (QED) is 0.0404. The molecule has 0 radical (unpaired) electrons. The molecule has 378 valence electrons. The second-order valence-electron chi connectivity index (χ2n) is 17.1. The molecular weight excluding hydrogens is 843 g/mol. The molecule has 18 heteroatoms. The van der Waals surface area contributed by atoms with E-state index in [1.807, 2.05) is 27.7 Å². The highest BCUT2D eigenvalue weighted by Gasteiger charge is 2.22. The Morgan fingerprint density at radius 1 is 0.431 bits per heavy atom. The Labute approximate surface area is 388 Å². The zero-order valence-electron chi connectivity index (χ0n) is 40.3. The van der Waals surface area contributed by atoms with Gasteiger partial charge >= 0.3 is 11.9 Å². The van der Waals surface area contributed by atoms with Gasteiger partial charge in [-0.25, -0.2) is 4.79 Å². The lowest BCUT2D eigenvalue weighted by atomic mass is 9.96. The predicted molar refractivity (Wildman–Crippen MR) is 248 cm³/mol. The Kier molecular flexibility index (Phi) is 40.4. The van der Waals surface area contributed by atoms with Gasteiger partial charge < -0.3 is 55.7 Å². The molecule has 0 rings (SSSR count). The summed E-state index contributed by atoms with van der Waals surface area (Å²) in [5.41, 5.74) is 0. The topological polar surface area (TPSA) is 257 Å². The highest BCUT2D eigenvalue weighted by Crippen LogP contribution is 2.14. The van der Waals surface area contributed by atoms with Gasteiger partial charge in [-0.05, 0) is 38.5 Å². The van der Waals surface area contributed by atoms with Crippen LogP contribution in [0, 0.1) is 5.92 Å². The van der Waals surface area contributed by atoms with Gasteiger partial charge in [-0.3, -0.25) is 28.8 Å². The Morgan fingerprint density at radius 2 is 0.877 bits per heavy atom. The molecule has 0 saturated heterocycles. The van der Waals surface area contributed by atoms with Crippen LogP contribution in [-0.2, 0) is 52.5 Å². The SMILES string of the molecule is CC(C)N[C@@H](CCCCNC(=O)COCCOCCNC(=O)COCCOCCNC(=O)CC[C@@H](NC(=O)CCCCCCCCCCCCCCCCC(=O)O)C(=O)O)C(=O)C(C)C. The second kappa shape index (κ2) is 42.9. The molecule has 0 heterocycles. The third-order valence-electron chi connectivity index (χ3n) is 10.4. The van der Waals surface area contributed by atoms with Gasteiger partial charge in [-0.1, -0.05) is 105 Å². The van der Waals surface area contributed by atoms with Gasteiger partial charge in [-0.15, -0.1) is 0 Å². The molecule has 0 unspecified atom stereocenters. The first kappa shape index (κ1) is 61.3. The normalized spacial score (nSPS) is 12.2. The van der Waals surface area contributed by atoms with Crippen molar-refractivity contribution < 1.29 is 62.7 Å². The van der Waals surface area contributed by atoms with Crippen LogP contribution in [0.1, 0.15) is 163 Å². The number of carbonyl (C=O) groups excluding carboxylic acids is 5.